The van der Waals surface area contributed by atoms with Gasteiger partial charge >= 0.3 is 0 Å². The number of aromatic nitrogens is 2. The van der Waals surface area contributed by atoms with Crippen molar-refractivity contribution < 1.29 is 13.2 Å². The number of hydrogen-bond donors (Lipinski definition) is 1. The number of nitrogens with zero attached hydrogens (tertiary/aromatic N) is 2. The van der Waals surface area contributed by atoms with Gasteiger partial charge in [0.2, 0.25) is 11.0 Å². The first-order valence-electron chi connectivity index (χ1n) is 8.14. The van der Waals surface area contributed by atoms with E-state index in [0.29, 0.717) is 16.3 Å². The van der Waals surface area contributed by atoms with E-state index < -0.39 is 21.5 Å². The number of hydrogen-bond acceptors (Lipinski definition) is 7. The molecular weight excluding hydrogens is 438 g/mol. The lowest BCUT2D eigenvalue weighted by atomic mass is 10.2. The SMILES string of the molecule is O=C(CS(=O)(=O)Cc1ccc(Cl)cc1)Nc1nnc(CSc2ccccc2)s1. The molecule has 0 aliphatic rings. The van der Waals surface area contributed by atoms with Crippen molar-refractivity contribution in [1.29, 1.82) is 0 Å². The van der Waals surface area contributed by atoms with Crippen LogP contribution in [0.4, 0.5) is 5.13 Å². The van der Waals surface area contributed by atoms with Gasteiger partial charge in [0.05, 0.1) is 11.5 Å². The van der Waals surface area contributed by atoms with Crippen molar-refractivity contribution in [3.05, 3.63) is 70.2 Å². The van der Waals surface area contributed by atoms with Crippen LogP contribution in [0.15, 0.2) is 59.5 Å². The molecule has 28 heavy (non-hydrogen) atoms. The van der Waals surface area contributed by atoms with E-state index in [1.54, 1.807) is 36.0 Å². The molecule has 146 valence electrons. The van der Waals surface area contributed by atoms with E-state index in [1.165, 1.54) is 11.3 Å². The van der Waals surface area contributed by atoms with Crippen molar-refractivity contribution in [2.45, 2.75) is 16.4 Å². The predicted molar refractivity (Wildman–Crippen MR) is 113 cm³/mol. The number of carbonyl (C=O) groups is 1. The molecule has 0 spiro atoms. The zero-order valence-electron chi connectivity index (χ0n) is 14.5. The average molecular weight is 454 g/mol. The largest absolute Gasteiger partial charge is 0.300 e. The molecule has 0 saturated heterocycles. The van der Waals surface area contributed by atoms with E-state index in [1.807, 2.05) is 30.3 Å². The molecule has 3 rings (SSSR count). The fourth-order valence-electron chi connectivity index (χ4n) is 2.26. The molecule has 0 saturated carbocycles. The van der Waals surface area contributed by atoms with Gasteiger partial charge in [-0.05, 0) is 29.8 Å². The van der Waals surface area contributed by atoms with Crippen LogP contribution in [0, 0.1) is 0 Å². The molecule has 0 radical (unpaired) electrons. The highest BCUT2D eigenvalue weighted by Crippen LogP contribution is 2.25. The molecule has 10 heteroatoms. The summed E-state index contributed by atoms with van der Waals surface area (Å²) in [5, 5.41) is 12.0. The van der Waals surface area contributed by atoms with Gasteiger partial charge in [-0.2, -0.15) is 0 Å². The molecule has 0 unspecified atom stereocenters. The first-order valence-corrected chi connectivity index (χ1v) is 12.1. The zero-order valence-corrected chi connectivity index (χ0v) is 17.7. The average Bonchev–Trinajstić information content (AvgIpc) is 3.09. The first kappa shape index (κ1) is 20.8. The Morgan fingerprint density at radius 3 is 2.50 bits per heavy atom. The topological polar surface area (TPSA) is 89.0 Å². The van der Waals surface area contributed by atoms with Gasteiger partial charge in [-0.1, -0.05) is 53.3 Å². The van der Waals surface area contributed by atoms with E-state index in [-0.39, 0.29) is 10.9 Å². The van der Waals surface area contributed by atoms with Gasteiger partial charge in [0.1, 0.15) is 10.8 Å². The Morgan fingerprint density at radius 2 is 1.79 bits per heavy atom. The lowest BCUT2D eigenvalue weighted by Crippen LogP contribution is -2.23. The summed E-state index contributed by atoms with van der Waals surface area (Å²) in [6.07, 6.45) is 0. The fourth-order valence-corrected chi connectivity index (χ4v) is 5.33. The third-order valence-corrected chi connectivity index (χ3v) is 7.24. The summed E-state index contributed by atoms with van der Waals surface area (Å²) >= 11 is 8.63. The van der Waals surface area contributed by atoms with Crippen LogP contribution >= 0.6 is 34.7 Å². The van der Waals surface area contributed by atoms with Crippen molar-refractivity contribution in [2.75, 3.05) is 11.1 Å². The molecule has 1 N–H and O–H groups in total. The highest BCUT2D eigenvalue weighted by molar-refractivity contribution is 7.98. The van der Waals surface area contributed by atoms with Crippen LogP contribution in [-0.4, -0.2) is 30.3 Å². The second kappa shape index (κ2) is 9.51. The maximum atomic E-state index is 12.2. The summed E-state index contributed by atoms with van der Waals surface area (Å²) in [5.41, 5.74) is 0.577. The number of thioether (sulfide) groups is 1. The highest BCUT2D eigenvalue weighted by Gasteiger charge is 2.19. The Labute approximate surface area is 176 Å². The zero-order chi connectivity index (χ0) is 20.0. The van der Waals surface area contributed by atoms with Crippen molar-refractivity contribution in [1.82, 2.24) is 10.2 Å². The quantitative estimate of drug-likeness (QED) is 0.518. The fraction of sp³-hybridized carbons (Fsp3) is 0.167. The molecule has 1 heterocycles. The lowest BCUT2D eigenvalue weighted by Gasteiger charge is -2.04. The Kier molecular flexibility index (Phi) is 7.06. The van der Waals surface area contributed by atoms with Gasteiger partial charge in [-0.25, -0.2) is 8.42 Å². The predicted octanol–water partition coefficient (Wildman–Crippen LogP) is 4.04. The van der Waals surface area contributed by atoms with Gasteiger partial charge in [0.15, 0.2) is 9.84 Å². The minimum Gasteiger partial charge on any atom is -0.300 e. The normalized spacial score (nSPS) is 11.3. The number of anilines is 1. The minimum absolute atomic E-state index is 0.229. The van der Waals surface area contributed by atoms with Gasteiger partial charge in [-0.3, -0.25) is 10.1 Å². The molecule has 3 aromatic rings. The van der Waals surface area contributed by atoms with E-state index in [0.717, 1.165) is 9.90 Å². The summed E-state index contributed by atoms with van der Waals surface area (Å²) in [4.78, 5) is 13.2. The third-order valence-electron chi connectivity index (χ3n) is 3.47. The number of amides is 1. The molecule has 1 amide bonds. The van der Waals surface area contributed by atoms with Crippen LogP contribution < -0.4 is 5.32 Å². The smallest absolute Gasteiger partial charge is 0.241 e. The molecule has 2 aromatic carbocycles. The van der Waals surface area contributed by atoms with Gasteiger partial charge < -0.3 is 0 Å². The van der Waals surface area contributed by atoms with Crippen LogP contribution in [0.1, 0.15) is 10.6 Å². The van der Waals surface area contributed by atoms with Crippen molar-refractivity contribution in [3.63, 3.8) is 0 Å². The minimum atomic E-state index is -3.61. The number of benzene rings is 2. The second-order valence-corrected chi connectivity index (χ2v) is 10.4. The van der Waals surface area contributed by atoms with E-state index in [9.17, 15) is 13.2 Å². The maximum Gasteiger partial charge on any atom is 0.241 e. The van der Waals surface area contributed by atoms with Crippen LogP contribution in [0.2, 0.25) is 5.02 Å². The molecule has 6 nitrogen and oxygen atoms in total. The highest BCUT2D eigenvalue weighted by atomic mass is 35.5. The van der Waals surface area contributed by atoms with Crippen LogP contribution in [0.5, 0.6) is 0 Å². The molecule has 1 aromatic heterocycles. The Balaban J connectivity index is 1.51. The Hall–Kier alpha value is -1.94. The number of halogens is 1. The van der Waals surface area contributed by atoms with E-state index in [4.69, 9.17) is 11.6 Å². The molecule has 0 atom stereocenters. The number of carbonyl (C=O) groups excluding carboxylic acids is 1. The summed E-state index contributed by atoms with van der Waals surface area (Å²) < 4.78 is 24.4. The Morgan fingerprint density at radius 1 is 1.07 bits per heavy atom. The van der Waals surface area contributed by atoms with Crippen molar-refractivity contribution in [2.24, 2.45) is 0 Å². The summed E-state index contributed by atoms with van der Waals surface area (Å²) in [7, 11) is -3.61. The van der Waals surface area contributed by atoms with E-state index in [2.05, 4.69) is 15.5 Å². The van der Waals surface area contributed by atoms with Gasteiger partial charge in [0, 0.05) is 9.92 Å². The maximum absolute atomic E-state index is 12.2. The monoisotopic (exact) mass is 453 g/mol. The molecule has 0 aliphatic carbocycles. The van der Waals surface area contributed by atoms with Gasteiger partial charge in [-0.15, -0.1) is 22.0 Å². The van der Waals surface area contributed by atoms with E-state index >= 15 is 0 Å². The third kappa shape index (κ3) is 6.59. The Bertz CT molecular complexity index is 1040. The summed E-state index contributed by atoms with van der Waals surface area (Å²) in [5.74, 6) is -0.866. The molecule has 0 aliphatic heterocycles. The van der Waals surface area contributed by atoms with Crippen LogP contribution in [0.25, 0.3) is 0 Å². The van der Waals surface area contributed by atoms with Crippen LogP contribution in [-0.2, 0) is 26.1 Å². The molecular formula is C18H16ClN3O3S3. The standard InChI is InChI=1S/C18H16ClN3O3S3/c19-14-8-6-13(7-9-14)11-28(24,25)12-16(23)20-18-22-21-17(27-18)10-26-15-4-2-1-3-5-15/h1-9H,10-12H2,(H,20,22,23). The van der Waals surface area contributed by atoms with Crippen molar-refractivity contribution in [3.8, 4) is 0 Å². The van der Waals surface area contributed by atoms with Crippen LogP contribution in [0.3, 0.4) is 0 Å². The molecule has 0 bridgehead atoms. The number of nitrogens with one attached hydrogen (secondary N) is 1. The molecule has 0 fully saturated rings. The first-order chi connectivity index (χ1) is 13.4. The second-order valence-electron chi connectivity index (χ2n) is 5.81. The summed E-state index contributed by atoms with van der Waals surface area (Å²) in [6, 6.07) is 16.3. The number of sulfone groups is 1. The number of rotatable bonds is 8. The van der Waals surface area contributed by atoms with Gasteiger partial charge in [0.25, 0.3) is 0 Å². The lowest BCUT2D eigenvalue weighted by molar-refractivity contribution is -0.113. The summed E-state index contributed by atoms with van der Waals surface area (Å²) in [6.45, 7) is 0. The van der Waals surface area contributed by atoms with Crippen molar-refractivity contribution >= 4 is 55.6 Å².